The van der Waals surface area contributed by atoms with Crippen LogP contribution in [0.2, 0.25) is 0 Å². The number of anilines is 1. The van der Waals surface area contributed by atoms with Crippen LogP contribution in [0.15, 0.2) is 36.4 Å². The number of carbonyl (C=O) groups excluding carboxylic acids is 2. The van der Waals surface area contributed by atoms with Crippen molar-refractivity contribution in [1.29, 1.82) is 0 Å². The maximum absolute atomic E-state index is 12.9. The summed E-state index contributed by atoms with van der Waals surface area (Å²) in [6.07, 6.45) is 0.852. The average molecular weight is 439 g/mol. The van der Waals surface area contributed by atoms with Crippen molar-refractivity contribution in [2.24, 2.45) is 0 Å². The van der Waals surface area contributed by atoms with Crippen molar-refractivity contribution in [2.75, 3.05) is 64.8 Å². The van der Waals surface area contributed by atoms with E-state index in [0.717, 1.165) is 36.6 Å². The van der Waals surface area contributed by atoms with E-state index < -0.39 is 0 Å². The predicted molar refractivity (Wildman–Crippen MR) is 126 cm³/mol. The fraction of sp³-hybridized carbons (Fsp3) is 0.500. The number of rotatable bonds is 7. The van der Waals surface area contributed by atoms with Gasteiger partial charge in [-0.05, 0) is 39.6 Å². The summed E-state index contributed by atoms with van der Waals surface area (Å²) in [5.74, 6) is 0.758. The van der Waals surface area contributed by atoms with E-state index in [4.69, 9.17) is 0 Å². The molecular formula is C24H34N6O2. The van der Waals surface area contributed by atoms with Crippen molar-refractivity contribution in [3.05, 3.63) is 42.0 Å². The fourth-order valence-corrected chi connectivity index (χ4v) is 3.70. The normalized spacial score (nSPS) is 14.4. The lowest BCUT2D eigenvalue weighted by molar-refractivity contribution is -0.139. The first-order valence-corrected chi connectivity index (χ1v) is 11.2. The van der Waals surface area contributed by atoms with Crippen LogP contribution in [0.25, 0.3) is 11.3 Å². The zero-order valence-electron chi connectivity index (χ0n) is 19.6. The number of aromatic nitrogens is 2. The first-order valence-electron chi connectivity index (χ1n) is 11.2. The summed E-state index contributed by atoms with van der Waals surface area (Å²) in [4.78, 5) is 32.5. The number of likely N-dealkylation sites (N-methyl/N-ethyl adjacent to an activating group) is 1. The molecule has 32 heavy (non-hydrogen) atoms. The van der Waals surface area contributed by atoms with Gasteiger partial charge in [0.1, 0.15) is 0 Å². The van der Waals surface area contributed by atoms with Gasteiger partial charge in [-0.2, -0.15) is 0 Å². The lowest BCUT2D eigenvalue weighted by atomic mass is 10.1. The third-order valence-electron chi connectivity index (χ3n) is 5.76. The van der Waals surface area contributed by atoms with Crippen LogP contribution >= 0.6 is 0 Å². The molecule has 1 aromatic carbocycles. The fourth-order valence-electron chi connectivity index (χ4n) is 3.70. The molecule has 1 fully saturated rings. The summed E-state index contributed by atoms with van der Waals surface area (Å²) in [6, 6.07) is 12.2. The number of carbonyl (C=O) groups is 2. The number of aryl methyl sites for hydroxylation is 1. The molecule has 1 aliphatic rings. The largest absolute Gasteiger partial charge is 0.353 e. The molecule has 0 unspecified atom stereocenters. The third-order valence-corrected chi connectivity index (χ3v) is 5.76. The van der Waals surface area contributed by atoms with E-state index in [-0.39, 0.29) is 18.4 Å². The molecule has 2 heterocycles. The summed E-state index contributed by atoms with van der Waals surface area (Å²) in [6.45, 7) is 7.81. The highest BCUT2D eigenvalue weighted by molar-refractivity contribution is 5.84. The minimum Gasteiger partial charge on any atom is -0.353 e. The SMILES string of the molecule is CC(=O)N(CCN(C)C)CC(=O)N1CCCN(c2ccc(-c3ccc(C)cc3)nn2)CC1. The molecule has 3 rings (SSSR count). The van der Waals surface area contributed by atoms with Gasteiger partial charge in [-0.15, -0.1) is 10.2 Å². The lowest BCUT2D eigenvalue weighted by Crippen LogP contribution is -2.45. The average Bonchev–Trinajstić information content (AvgIpc) is 3.03. The number of nitrogens with zero attached hydrogens (tertiary/aromatic N) is 6. The summed E-state index contributed by atoms with van der Waals surface area (Å²) in [5.41, 5.74) is 3.11. The van der Waals surface area contributed by atoms with E-state index in [1.165, 1.54) is 12.5 Å². The summed E-state index contributed by atoms with van der Waals surface area (Å²) in [7, 11) is 3.92. The first kappa shape index (κ1) is 23.7. The number of hydrogen-bond acceptors (Lipinski definition) is 6. The molecule has 0 aliphatic carbocycles. The molecule has 0 N–H and O–H groups in total. The summed E-state index contributed by atoms with van der Waals surface area (Å²) >= 11 is 0. The van der Waals surface area contributed by atoms with Gasteiger partial charge in [0, 0.05) is 51.8 Å². The van der Waals surface area contributed by atoms with Crippen LogP contribution in [0.5, 0.6) is 0 Å². The van der Waals surface area contributed by atoms with Crippen LogP contribution in [0.4, 0.5) is 5.82 Å². The second-order valence-electron chi connectivity index (χ2n) is 8.61. The Balaban J connectivity index is 1.57. The first-order chi connectivity index (χ1) is 15.3. The molecule has 8 heteroatoms. The molecule has 2 amide bonds. The van der Waals surface area contributed by atoms with Crippen LogP contribution in [0.1, 0.15) is 18.9 Å². The van der Waals surface area contributed by atoms with Crippen LogP contribution in [-0.2, 0) is 9.59 Å². The number of amides is 2. The molecule has 1 saturated heterocycles. The van der Waals surface area contributed by atoms with Crippen molar-refractivity contribution >= 4 is 17.6 Å². The summed E-state index contributed by atoms with van der Waals surface area (Å²) in [5, 5.41) is 8.85. The van der Waals surface area contributed by atoms with Gasteiger partial charge in [-0.25, -0.2) is 0 Å². The van der Waals surface area contributed by atoms with Gasteiger partial charge in [-0.3, -0.25) is 9.59 Å². The van der Waals surface area contributed by atoms with Crippen LogP contribution in [-0.4, -0.2) is 96.6 Å². The minimum atomic E-state index is -0.0689. The topological polar surface area (TPSA) is 72.9 Å². The van der Waals surface area contributed by atoms with E-state index in [1.807, 2.05) is 36.0 Å². The zero-order chi connectivity index (χ0) is 23.1. The smallest absolute Gasteiger partial charge is 0.242 e. The molecule has 0 radical (unpaired) electrons. The van der Waals surface area contributed by atoms with Gasteiger partial charge in [-0.1, -0.05) is 29.8 Å². The molecular weight excluding hydrogens is 404 g/mol. The minimum absolute atomic E-state index is 0.00149. The van der Waals surface area contributed by atoms with Gasteiger partial charge in [0.2, 0.25) is 11.8 Å². The molecule has 0 bridgehead atoms. The Bertz CT molecular complexity index is 898. The van der Waals surface area contributed by atoms with Crippen molar-refractivity contribution in [1.82, 2.24) is 24.9 Å². The predicted octanol–water partition coefficient (Wildman–Crippen LogP) is 1.90. The molecule has 172 valence electrons. The van der Waals surface area contributed by atoms with Crippen molar-refractivity contribution in [3.8, 4) is 11.3 Å². The van der Waals surface area contributed by atoms with E-state index in [0.29, 0.717) is 26.2 Å². The Kier molecular flexibility index (Phi) is 8.16. The summed E-state index contributed by atoms with van der Waals surface area (Å²) < 4.78 is 0. The van der Waals surface area contributed by atoms with Gasteiger partial charge in [0.25, 0.3) is 0 Å². The van der Waals surface area contributed by atoms with E-state index in [9.17, 15) is 9.59 Å². The standard InChI is InChI=1S/C24H34N6O2/c1-19-6-8-21(9-7-19)22-10-11-23(26-25-22)28-12-5-13-29(17-16-28)24(32)18-30(20(2)31)15-14-27(3)4/h6-11H,5,12-18H2,1-4H3. The van der Waals surface area contributed by atoms with Crippen molar-refractivity contribution in [2.45, 2.75) is 20.3 Å². The highest BCUT2D eigenvalue weighted by Crippen LogP contribution is 2.20. The molecule has 2 aromatic rings. The van der Waals surface area contributed by atoms with E-state index >= 15 is 0 Å². The molecule has 8 nitrogen and oxygen atoms in total. The maximum atomic E-state index is 12.9. The van der Waals surface area contributed by atoms with Crippen LogP contribution < -0.4 is 4.90 Å². The van der Waals surface area contributed by atoms with Crippen LogP contribution in [0.3, 0.4) is 0 Å². The molecule has 0 spiro atoms. The number of benzene rings is 1. The lowest BCUT2D eigenvalue weighted by Gasteiger charge is -2.27. The van der Waals surface area contributed by atoms with Crippen LogP contribution in [0, 0.1) is 6.92 Å². The second-order valence-corrected chi connectivity index (χ2v) is 8.61. The monoisotopic (exact) mass is 438 g/mol. The Labute approximate surface area is 190 Å². The van der Waals surface area contributed by atoms with E-state index in [1.54, 1.807) is 4.90 Å². The quantitative estimate of drug-likeness (QED) is 0.658. The molecule has 0 atom stereocenters. The second kappa shape index (κ2) is 11.0. The maximum Gasteiger partial charge on any atom is 0.242 e. The third kappa shape index (κ3) is 6.50. The highest BCUT2D eigenvalue weighted by atomic mass is 16.2. The van der Waals surface area contributed by atoms with Gasteiger partial charge < -0.3 is 19.6 Å². The Hall–Kier alpha value is -3.00. The molecule has 1 aromatic heterocycles. The van der Waals surface area contributed by atoms with Gasteiger partial charge >= 0.3 is 0 Å². The highest BCUT2D eigenvalue weighted by Gasteiger charge is 2.23. The van der Waals surface area contributed by atoms with Gasteiger partial charge in [0.15, 0.2) is 5.82 Å². The Morgan fingerprint density at radius 2 is 1.69 bits per heavy atom. The van der Waals surface area contributed by atoms with E-state index in [2.05, 4.69) is 46.3 Å². The molecule has 0 saturated carbocycles. The van der Waals surface area contributed by atoms with Crippen molar-refractivity contribution in [3.63, 3.8) is 0 Å². The zero-order valence-corrected chi connectivity index (χ0v) is 19.6. The van der Waals surface area contributed by atoms with Crippen molar-refractivity contribution < 1.29 is 9.59 Å². The Morgan fingerprint density at radius 1 is 0.938 bits per heavy atom. The molecule has 1 aliphatic heterocycles. The Morgan fingerprint density at radius 3 is 2.31 bits per heavy atom. The van der Waals surface area contributed by atoms with Gasteiger partial charge in [0.05, 0.1) is 12.2 Å². The number of hydrogen-bond donors (Lipinski definition) is 0.